The highest BCUT2D eigenvalue weighted by Gasteiger charge is 2.52. The van der Waals surface area contributed by atoms with E-state index < -0.39 is 11.4 Å². The van der Waals surface area contributed by atoms with Crippen molar-refractivity contribution in [3.63, 3.8) is 0 Å². The summed E-state index contributed by atoms with van der Waals surface area (Å²) in [6.07, 6.45) is 0. The van der Waals surface area contributed by atoms with Crippen LogP contribution in [0.1, 0.15) is 27.7 Å². The summed E-state index contributed by atoms with van der Waals surface area (Å²) in [7, 11) is 3.18. The lowest BCUT2D eigenvalue weighted by Crippen LogP contribution is -2.52. The molecule has 1 amide bonds. The Morgan fingerprint density at radius 3 is 1.47 bits per heavy atom. The molecule has 1 N–H and O–H groups in total. The van der Waals surface area contributed by atoms with Crippen LogP contribution in [0.2, 0.25) is 0 Å². The van der Waals surface area contributed by atoms with Gasteiger partial charge in [-0.05, 0) is 11.8 Å². The number of carboxylic acid groups (broad SMARTS) is 1. The maximum absolute atomic E-state index is 12.0. The van der Waals surface area contributed by atoms with E-state index in [1.807, 2.05) is 0 Å². The zero-order valence-corrected chi connectivity index (χ0v) is 10.4. The topological polar surface area (TPSA) is 57.6 Å². The first kappa shape index (κ1) is 13.9. The van der Waals surface area contributed by atoms with Crippen molar-refractivity contribution in [1.29, 1.82) is 0 Å². The van der Waals surface area contributed by atoms with Crippen molar-refractivity contribution in [1.82, 2.24) is 4.90 Å². The molecular formula is C11H21NO3. The Morgan fingerprint density at radius 2 is 1.40 bits per heavy atom. The van der Waals surface area contributed by atoms with E-state index in [2.05, 4.69) is 0 Å². The molecule has 4 nitrogen and oxygen atoms in total. The largest absolute Gasteiger partial charge is 0.480 e. The van der Waals surface area contributed by atoms with Crippen molar-refractivity contribution in [2.24, 2.45) is 17.3 Å². The third-order valence-corrected chi connectivity index (χ3v) is 2.94. The summed E-state index contributed by atoms with van der Waals surface area (Å²) in [4.78, 5) is 24.8. The maximum atomic E-state index is 12.0. The second kappa shape index (κ2) is 4.64. The highest BCUT2D eigenvalue weighted by Crippen LogP contribution is 2.37. The van der Waals surface area contributed by atoms with Crippen molar-refractivity contribution >= 4 is 11.9 Å². The summed E-state index contributed by atoms with van der Waals surface area (Å²) in [5, 5.41) is 9.34. The van der Waals surface area contributed by atoms with Gasteiger partial charge in [-0.3, -0.25) is 9.59 Å². The smallest absolute Gasteiger partial charge is 0.319 e. The third kappa shape index (κ3) is 2.13. The molecule has 0 atom stereocenters. The molecule has 15 heavy (non-hydrogen) atoms. The van der Waals surface area contributed by atoms with Gasteiger partial charge in [0, 0.05) is 14.1 Å². The number of carboxylic acids is 1. The lowest BCUT2D eigenvalue weighted by Gasteiger charge is -2.37. The van der Waals surface area contributed by atoms with Gasteiger partial charge in [0.1, 0.15) is 0 Å². The van der Waals surface area contributed by atoms with E-state index in [1.54, 1.807) is 41.8 Å². The van der Waals surface area contributed by atoms with Crippen LogP contribution in [0, 0.1) is 17.3 Å². The molecule has 0 aliphatic carbocycles. The van der Waals surface area contributed by atoms with E-state index in [4.69, 9.17) is 0 Å². The first-order chi connectivity index (χ1) is 6.68. The fourth-order valence-electron chi connectivity index (χ4n) is 2.12. The van der Waals surface area contributed by atoms with E-state index in [0.717, 1.165) is 0 Å². The first-order valence-electron chi connectivity index (χ1n) is 5.14. The van der Waals surface area contributed by atoms with Crippen LogP contribution in [0.25, 0.3) is 0 Å². The molecule has 0 saturated carbocycles. The molecule has 0 radical (unpaired) electrons. The van der Waals surface area contributed by atoms with Gasteiger partial charge in [0.2, 0.25) is 5.91 Å². The third-order valence-electron chi connectivity index (χ3n) is 2.94. The van der Waals surface area contributed by atoms with Gasteiger partial charge in [0.05, 0.1) is 0 Å². The molecule has 0 rings (SSSR count). The van der Waals surface area contributed by atoms with Crippen LogP contribution in [-0.2, 0) is 9.59 Å². The summed E-state index contributed by atoms with van der Waals surface area (Å²) in [5.74, 6) is -1.83. The summed E-state index contributed by atoms with van der Waals surface area (Å²) in [5.41, 5.74) is -1.32. The zero-order chi connectivity index (χ0) is 12.4. The molecule has 0 aromatic heterocycles. The van der Waals surface area contributed by atoms with E-state index >= 15 is 0 Å². The normalized spacial score (nSPS) is 12.0. The molecular weight excluding hydrogens is 194 g/mol. The molecule has 0 saturated heterocycles. The van der Waals surface area contributed by atoms with Crippen LogP contribution in [0.5, 0.6) is 0 Å². The fourth-order valence-corrected chi connectivity index (χ4v) is 2.12. The van der Waals surface area contributed by atoms with Crippen LogP contribution in [0.3, 0.4) is 0 Å². The molecule has 0 aliphatic heterocycles. The second-order valence-electron chi connectivity index (χ2n) is 4.68. The highest BCUT2D eigenvalue weighted by atomic mass is 16.4. The minimum absolute atomic E-state index is 0.232. The first-order valence-corrected chi connectivity index (χ1v) is 5.14. The Morgan fingerprint density at radius 1 is 1.07 bits per heavy atom. The van der Waals surface area contributed by atoms with Gasteiger partial charge in [-0.25, -0.2) is 0 Å². The van der Waals surface area contributed by atoms with E-state index in [-0.39, 0.29) is 17.7 Å². The standard InChI is InChI=1S/C11H21NO3/c1-7(2)11(8(3)4,10(14)15)9(13)12(5)6/h7-8H,1-6H3,(H,14,15). The molecule has 0 spiro atoms. The molecule has 0 aromatic carbocycles. The molecule has 0 heterocycles. The van der Waals surface area contributed by atoms with E-state index in [9.17, 15) is 14.7 Å². The minimum atomic E-state index is -1.32. The number of aliphatic carboxylic acids is 1. The average molecular weight is 215 g/mol. The Balaban J connectivity index is 5.53. The molecule has 0 unspecified atom stereocenters. The van der Waals surface area contributed by atoms with Gasteiger partial charge in [-0.1, -0.05) is 27.7 Å². The Bertz CT molecular complexity index is 249. The van der Waals surface area contributed by atoms with Crippen LogP contribution in [0.4, 0.5) is 0 Å². The quantitative estimate of drug-likeness (QED) is 0.722. The predicted molar refractivity (Wildman–Crippen MR) is 58.4 cm³/mol. The number of hydrogen-bond acceptors (Lipinski definition) is 2. The van der Waals surface area contributed by atoms with E-state index in [1.165, 1.54) is 4.90 Å². The van der Waals surface area contributed by atoms with Crippen molar-refractivity contribution in [2.45, 2.75) is 27.7 Å². The Labute approximate surface area is 91.3 Å². The second-order valence-corrected chi connectivity index (χ2v) is 4.68. The molecule has 4 heteroatoms. The summed E-state index contributed by atoms with van der Waals surface area (Å²) < 4.78 is 0. The summed E-state index contributed by atoms with van der Waals surface area (Å²) in [6, 6.07) is 0. The zero-order valence-electron chi connectivity index (χ0n) is 10.4. The fraction of sp³-hybridized carbons (Fsp3) is 0.818. The summed E-state index contributed by atoms with van der Waals surface area (Å²) in [6.45, 7) is 7.09. The molecule has 88 valence electrons. The molecule has 0 bridgehead atoms. The van der Waals surface area contributed by atoms with Crippen LogP contribution in [0.15, 0.2) is 0 Å². The van der Waals surface area contributed by atoms with Gasteiger partial charge < -0.3 is 10.0 Å². The van der Waals surface area contributed by atoms with Crippen LogP contribution >= 0.6 is 0 Å². The van der Waals surface area contributed by atoms with Gasteiger partial charge in [-0.15, -0.1) is 0 Å². The average Bonchev–Trinajstić information content (AvgIpc) is 2.02. The molecule has 0 aromatic rings. The lowest BCUT2D eigenvalue weighted by atomic mass is 9.68. The lowest BCUT2D eigenvalue weighted by molar-refractivity contribution is -0.167. The van der Waals surface area contributed by atoms with Crippen molar-refractivity contribution < 1.29 is 14.7 Å². The minimum Gasteiger partial charge on any atom is -0.480 e. The van der Waals surface area contributed by atoms with Crippen LogP contribution in [-0.4, -0.2) is 36.0 Å². The monoisotopic (exact) mass is 215 g/mol. The number of carbonyl (C=O) groups is 2. The predicted octanol–water partition coefficient (Wildman–Crippen LogP) is 1.46. The molecule has 0 aliphatic rings. The number of hydrogen-bond donors (Lipinski definition) is 1. The maximum Gasteiger partial charge on any atom is 0.319 e. The number of rotatable bonds is 4. The Kier molecular flexibility index (Phi) is 4.31. The highest BCUT2D eigenvalue weighted by molar-refractivity contribution is 6.02. The van der Waals surface area contributed by atoms with Gasteiger partial charge in [-0.2, -0.15) is 0 Å². The van der Waals surface area contributed by atoms with Crippen molar-refractivity contribution in [2.75, 3.05) is 14.1 Å². The molecule has 0 fully saturated rings. The SMILES string of the molecule is CC(C)C(C(=O)O)(C(=O)N(C)C)C(C)C. The number of nitrogens with zero attached hydrogens (tertiary/aromatic N) is 1. The van der Waals surface area contributed by atoms with Gasteiger partial charge in [0.25, 0.3) is 0 Å². The van der Waals surface area contributed by atoms with E-state index in [0.29, 0.717) is 0 Å². The Hall–Kier alpha value is -1.06. The van der Waals surface area contributed by atoms with Gasteiger partial charge >= 0.3 is 5.97 Å². The number of amides is 1. The van der Waals surface area contributed by atoms with Gasteiger partial charge in [0.15, 0.2) is 5.41 Å². The summed E-state index contributed by atoms with van der Waals surface area (Å²) >= 11 is 0. The van der Waals surface area contributed by atoms with Crippen molar-refractivity contribution in [3.8, 4) is 0 Å². The van der Waals surface area contributed by atoms with Crippen LogP contribution < -0.4 is 0 Å². The number of carbonyl (C=O) groups excluding carboxylic acids is 1. The van der Waals surface area contributed by atoms with Crippen molar-refractivity contribution in [3.05, 3.63) is 0 Å².